The van der Waals surface area contributed by atoms with Gasteiger partial charge in [-0.15, -0.1) is 0 Å². The van der Waals surface area contributed by atoms with Crippen molar-refractivity contribution in [3.05, 3.63) is 33.4 Å². The number of piperidine rings is 1. The Balaban J connectivity index is 2.28. The van der Waals surface area contributed by atoms with Crippen molar-refractivity contribution in [2.24, 2.45) is 5.92 Å². The van der Waals surface area contributed by atoms with Crippen molar-refractivity contribution >= 4 is 29.3 Å². The maximum atomic E-state index is 12.5. The minimum Gasteiger partial charge on any atom is -0.481 e. The third-order valence-corrected chi connectivity index (χ3v) is 4.30. The van der Waals surface area contributed by atoms with Gasteiger partial charge in [-0.2, -0.15) is 0 Å². The van der Waals surface area contributed by atoms with Gasteiger partial charge in [0.1, 0.15) is 0 Å². The lowest BCUT2D eigenvalue weighted by Gasteiger charge is -2.30. The number of carbonyl (C=O) groups excluding carboxylic acids is 2. The smallest absolute Gasteiger partial charge is 0.338 e. The van der Waals surface area contributed by atoms with Crippen molar-refractivity contribution < 1.29 is 29.2 Å². The Bertz CT molecular complexity index is 762. The minimum atomic E-state index is -0.970. The van der Waals surface area contributed by atoms with Crippen LogP contribution in [0.25, 0.3) is 0 Å². The van der Waals surface area contributed by atoms with Crippen LogP contribution < -0.4 is 5.32 Å². The zero-order chi connectivity index (χ0) is 19.4. The van der Waals surface area contributed by atoms with Crippen LogP contribution in [-0.2, 0) is 9.53 Å². The topological polar surface area (TPSA) is 139 Å². The molecule has 140 valence electrons. The number of carbonyl (C=O) groups is 3. The number of esters is 1. The van der Waals surface area contributed by atoms with Crippen molar-refractivity contribution in [2.75, 3.05) is 25.5 Å². The first kappa shape index (κ1) is 19.2. The van der Waals surface area contributed by atoms with Crippen LogP contribution in [0.2, 0.25) is 0 Å². The van der Waals surface area contributed by atoms with Gasteiger partial charge in [0, 0.05) is 19.2 Å². The summed E-state index contributed by atoms with van der Waals surface area (Å²) in [6.45, 7) is 1.89. The second-order valence-corrected chi connectivity index (χ2v) is 5.97. The number of benzene rings is 1. The first-order valence-electron chi connectivity index (χ1n) is 7.90. The molecule has 0 radical (unpaired) electrons. The summed E-state index contributed by atoms with van der Waals surface area (Å²) in [6, 6.07) is 1.80. The molecule has 0 spiro atoms. The molecule has 1 aromatic carbocycles. The van der Waals surface area contributed by atoms with Crippen LogP contribution in [0.3, 0.4) is 0 Å². The van der Waals surface area contributed by atoms with Crippen molar-refractivity contribution in [1.29, 1.82) is 0 Å². The van der Waals surface area contributed by atoms with Gasteiger partial charge in [-0.3, -0.25) is 14.9 Å². The highest BCUT2D eigenvalue weighted by Gasteiger charge is 2.29. The molecule has 2 amide bonds. The molecule has 1 aliphatic heterocycles. The summed E-state index contributed by atoms with van der Waals surface area (Å²) < 4.78 is 4.58. The Morgan fingerprint density at radius 2 is 2.08 bits per heavy atom. The summed E-state index contributed by atoms with van der Waals surface area (Å²) in [6.07, 6.45) is 1.03. The van der Waals surface area contributed by atoms with Crippen molar-refractivity contribution in [2.45, 2.75) is 19.8 Å². The third-order valence-electron chi connectivity index (χ3n) is 4.30. The van der Waals surface area contributed by atoms with Crippen LogP contribution >= 0.6 is 0 Å². The quantitative estimate of drug-likeness (QED) is 0.472. The Morgan fingerprint density at radius 3 is 2.65 bits per heavy atom. The summed E-state index contributed by atoms with van der Waals surface area (Å²) in [5.41, 5.74) is -0.114. The molecule has 1 atom stereocenters. The molecule has 1 heterocycles. The van der Waals surface area contributed by atoms with Gasteiger partial charge in [0.2, 0.25) is 0 Å². The maximum absolute atomic E-state index is 12.5. The molecule has 10 nitrogen and oxygen atoms in total. The number of hydrogen-bond donors (Lipinski definition) is 2. The molecule has 1 unspecified atom stereocenters. The highest BCUT2D eigenvalue weighted by Crippen LogP contribution is 2.29. The maximum Gasteiger partial charge on any atom is 0.338 e. The summed E-state index contributed by atoms with van der Waals surface area (Å²) in [4.78, 5) is 47.2. The molecule has 2 rings (SSSR count). The van der Waals surface area contributed by atoms with Gasteiger partial charge >= 0.3 is 18.0 Å². The van der Waals surface area contributed by atoms with Crippen molar-refractivity contribution in [1.82, 2.24) is 4.90 Å². The minimum absolute atomic E-state index is 0.0546. The standard InChI is InChI=1S/C16H19N3O7/c1-9-12(6-11(15(22)26-2)7-13(9)19(24)25)17-16(23)18-5-3-4-10(8-18)14(20)21/h6-7,10H,3-5,8H2,1-2H3,(H,17,23)(H,20,21). The van der Waals surface area contributed by atoms with E-state index in [0.29, 0.717) is 19.4 Å². The molecule has 0 aliphatic carbocycles. The first-order valence-corrected chi connectivity index (χ1v) is 7.90. The van der Waals surface area contributed by atoms with Crippen LogP contribution in [0.4, 0.5) is 16.2 Å². The van der Waals surface area contributed by atoms with E-state index in [-0.39, 0.29) is 29.0 Å². The lowest BCUT2D eigenvalue weighted by atomic mass is 9.99. The molecule has 1 aliphatic rings. The average molecular weight is 365 g/mol. The zero-order valence-corrected chi connectivity index (χ0v) is 14.4. The fourth-order valence-corrected chi connectivity index (χ4v) is 2.81. The second kappa shape index (κ2) is 7.81. The molecule has 0 aromatic heterocycles. The first-order chi connectivity index (χ1) is 12.2. The zero-order valence-electron chi connectivity index (χ0n) is 14.4. The van der Waals surface area contributed by atoms with E-state index in [1.54, 1.807) is 0 Å². The molecule has 10 heteroatoms. The second-order valence-electron chi connectivity index (χ2n) is 5.97. The number of nitro benzene ring substituents is 1. The van der Waals surface area contributed by atoms with Gasteiger partial charge in [-0.05, 0) is 25.8 Å². The van der Waals surface area contributed by atoms with Gasteiger partial charge in [0.15, 0.2) is 0 Å². The summed E-state index contributed by atoms with van der Waals surface area (Å²) >= 11 is 0. The molecular weight excluding hydrogens is 346 g/mol. The SMILES string of the molecule is COC(=O)c1cc(NC(=O)N2CCCC(C(=O)O)C2)c(C)c([N+](=O)[O-])c1. The molecule has 1 saturated heterocycles. The summed E-state index contributed by atoms with van der Waals surface area (Å²) in [7, 11) is 1.14. The van der Waals surface area contributed by atoms with Crippen molar-refractivity contribution in [3.8, 4) is 0 Å². The van der Waals surface area contributed by atoms with Crippen LogP contribution in [-0.4, -0.2) is 53.1 Å². The number of nitrogens with one attached hydrogen (secondary N) is 1. The highest BCUT2D eigenvalue weighted by molar-refractivity contribution is 5.96. The van der Waals surface area contributed by atoms with Crippen LogP contribution in [0.5, 0.6) is 0 Å². The van der Waals surface area contributed by atoms with Crippen LogP contribution in [0.15, 0.2) is 12.1 Å². The molecule has 1 fully saturated rings. The number of hydrogen-bond acceptors (Lipinski definition) is 6. The van der Waals surface area contributed by atoms with E-state index in [1.807, 2.05) is 0 Å². The van der Waals surface area contributed by atoms with Gasteiger partial charge < -0.3 is 20.1 Å². The van der Waals surface area contributed by atoms with E-state index in [1.165, 1.54) is 17.9 Å². The number of rotatable bonds is 4. The fourth-order valence-electron chi connectivity index (χ4n) is 2.81. The Hall–Kier alpha value is -3.17. The monoisotopic (exact) mass is 365 g/mol. The number of anilines is 1. The predicted octanol–water partition coefficient (Wildman–Crippen LogP) is 2.02. The number of nitro groups is 1. The van der Waals surface area contributed by atoms with Gasteiger partial charge in [0.25, 0.3) is 5.69 Å². The van der Waals surface area contributed by atoms with E-state index in [0.717, 1.165) is 13.2 Å². The number of urea groups is 1. The Labute approximate surface area is 148 Å². The average Bonchev–Trinajstić information content (AvgIpc) is 2.62. The molecular formula is C16H19N3O7. The van der Waals surface area contributed by atoms with Gasteiger partial charge in [-0.1, -0.05) is 0 Å². The number of ether oxygens (including phenoxy) is 1. The number of likely N-dealkylation sites (tertiary alicyclic amines) is 1. The molecule has 0 saturated carbocycles. The Kier molecular flexibility index (Phi) is 5.75. The highest BCUT2D eigenvalue weighted by atomic mass is 16.6. The van der Waals surface area contributed by atoms with E-state index in [2.05, 4.69) is 10.1 Å². The fraction of sp³-hybridized carbons (Fsp3) is 0.438. The van der Waals surface area contributed by atoms with Gasteiger partial charge in [-0.25, -0.2) is 9.59 Å². The molecule has 2 N–H and O–H groups in total. The van der Waals surface area contributed by atoms with E-state index < -0.39 is 28.8 Å². The van der Waals surface area contributed by atoms with E-state index in [4.69, 9.17) is 5.11 Å². The van der Waals surface area contributed by atoms with E-state index >= 15 is 0 Å². The number of carboxylic acids is 1. The predicted molar refractivity (Wildman–Crippen MR) is 90.1 cm³/mol. The van der Waals surface area contributed by atoms with E-state index in [9.17, 15) is 24.5 Å². The number of aliphatic carboxylic acids is 1. The third kappa shape index (κ3) is 4.08. The molecule has 0 bridgehead atoms. The molecule has 26 heavy (non-hydrogen) atoms. The number of nitrogens with zero attached hydrogens (tertiary/aromatic N) is 2. The van der Waals surface area contributed by atoms with Crippen molar-refractivity contribution in [3.63, 3.8) is 0 Å². The molecule has 1 aromatic rings. The normalized spacial score (nSPS) is 16.7. The number of methoxy groups -OCH3 is 1. The largest absolute Gasteiger partial charge is 0.481 e. The number of amides is 2. The number of carboxylic acid groups (broad SMARTS) is 1. The lowest BCUT2D eigenvalue weighted by Crippen LogP contribution is -2.44. The Morgan fingerprint density at radius 1 is 1.38 bits per heavy atom. The van der Waals surface area contributed by atoms with Crippen LogP contribution in [0, 0.1) is 23.0 Å². The van der Waals surface area contributed by atoms with Crippen LogP contribution in [0.1, 0.15) is 28.8 Å². The lowest BCUT2D eigenvalue weighted by molar-refractivity contribution is -0.385. The summed E-state index contributed by atoms with van der Waals surface area (Å²) in [5.74, 6) is -2.39. The van der Waals surface area contributed by atoms with Gasteiger partial charge in [0.05, 0.1) is 34.8 Å². The summed E-state index contributed by atoms with van der Waals surface area (Å²) in [5, 5.41) is 22.9.